The topological polar surface area (TPSA) is 58.6 Å². The summed E-state index contributed by atoms with van der Waals surface area (Å²) in [7, 11) is 1.56. The largest absolute Gasteiger partial charge is 0.496 e. The lowest BCUT2D eigenvalue weighted by Crippen LogP contribution is -2.37. The molecule has 1 saturated carbocycles. The molecule has 1 atom stereocenters. The molecule has 0 bridgehead atoms. The zero-order valence-corrected chi connectivity index (χ0v) is 14.2. The Balaban J connectivity index is 1.67. The zero-order chi connectivity index (χ0) is 17.2. The van der Waals surface area contributed by atoms with E-state index in [1.165, 1.54) is 0 Å². The van der Waals surface area contributed by atoms with Crippen LogP contribution < -0.4 is 10.1 Å². The minimum absolute atomic E-state index is 0.0706. The third-order valence-corrected chi connectivity index (χ3v) is 4.75. The predicted octanol–water partition coefficient (Wildman–Crippen LogP) is 3.23. The molecule has 1 fully saturated rings. The second-order valence-corrected chi connectivity index (χ2v) is 6.50. The number of hydrogen-bond donors (Lipinski definition) is 2. The molecule has 2 aromatic rings. The number of benzene rings is 2. The number of carbonyl (C=O) groups excluding carboxylic acids is 1. The molecule has 0 saturated heterocycles. The Morgan fingerprint density at radius 2 is 2.04 bits per heavy atom. The number of hydrogen-bond acceptors (Lipinski definition) is 3. The number of aliphatic hydroxyl groups excluding tert-OH is 1. The van der Waals surface area contributed by atoms with Gasteiger partial charge in [0.05, 0.1) is 18.6 Å². The molecule has 0 spiro atoms. The third-order valence-electron chi connectivity index (χ3n) is 4.52. The number of nitrogens with one attached hydrogen (secondary N) is 1. The van der Waals surface area contributed by atoms with Gasteiger partial charge in [-0.2, -0.15) is 0 Å². The van der Waals surface area contributed by atoms with E-state index in [4.69, 9.17) is 16.3 Å². The van der Waals surface area contributed by atoms with Gasteiger partial charge in [0.2, 0.25) is 5.91 Å². The lowest BCUT2D eigenvalue weighted by molar-refractivity contribution is -0.124. The van der Waals surface area contributed by atoms with Crippen LogP contribution in [-0.4, -0.2) is 24.7 Å². The van der Waals surface area contributed by atoms with Crippen LogP contribution in [0.2, 0.25) is 5.02 Å². The van der Waals surface area contributed by atoms with Gasteiger partial charge in [-0.05, 0) is 36.6 Å². The van der Waals surface area contributed by atoms with Gasteiger partial charge in [-0.1, -0.05) is 41.9 Å². The van der Waals surface area contributed by atoms with Crippen molar-refractivity contribution in [3.8, 4) is 5.75 Å². The Kier molecular flexibility index (Phi) is 4.78. The van der Waals surface area contributed by atoms with Crippen LogP contribution in [0.3, 0.4) is 0 Å². The van der Waals surface area contributed by atoms with E-state index in [0.29, 0.717) is 16.3 Å². The van der Waals surface area contributed by atoms with Crippen molar-refractivity contribution < 1.29 is 14.6 Å². The highest BCUT2D eigenvalue weighted by Gasteiger charge is 2.51. The summed E-state index contributed by atoms with van der Waals surface area (Å²) in [5.41, 5.74) is 1.08. The number of halogens is 1. The fraction of sp³-hybridized carbons (Fsp3) is 0.316. The Hall–Kier alpha value is -2.04. The molecule has 0 heterocycles. The van der Waals surface area contributed by atoms with Crippen molar-refractivity contribution in [1.29, 1.82) is 0 Å². The van der Waals surface area contributed by atoms with Crippen molar-refractivity contribution in [1.82, 2.24) is 5.32 Å². The molecular weight excluding hydrogens is 326 g/mol. The van der Waals surface area contributed by atoms with Crippen molar-refractivity contribution in [2.75, 3.05) is 13.7 Å². The molecule has 2 aromatic carbocycles. The van der Waals surface area contributed by atoms with Crippen molar-refractivity contribution >= 4 is 17.5 Å². The monoisotopic (exact) mass is 345 g/mol. The van der Waals surface area contributed by atoms with E-state index in [1.807, 2.05) is 30.3 Å². The molecular formula is C19H20ClNO3. The molecule has 0 aromatic heterocycles. The zero-order valence-electron chi connectivity index (χ0n) is 13.5. The number of amides is 1. The van der Waals surface area contributed by atoms with Crippen LogP contribution >= 0.6 is 11.6 Å². The van der Waals surface area contributed by atoms with E-state index in [9.17, 15) is 9.90 Å². The van der Waals surface area contributed by atoms with Crippen LogP contribution in [0.4, 0.5) is 0 Å². The van der Waals surface area contributed by atoms with Crippen molar-refractivity contribution in [2.45, 2.75) is 24.4 Å². The van der Waals surface area contributed by atoms with Crippen LogP contribution in [0.5, 0.6) is 5.75 Å². The first-order valence-electron chi connectivity index (χ1n) is 7.92. The number of aliphatic hydroxyl groups is 1. The Morgan fingerprint density at radius 1 is 1.29 bits per heavy atom. The minimum Gasteiger partial charge on any atom is -0.496 e. The molecule has 3 rings (SSSR count). The number of para-hydroxylation sites is 1. The van der Waals surface area contributed by atoms with E-state index in [-0.39, 0.29) is 12.5 Å². The van der Waals surface area contributed by atoms with Crippen molar-refractivity contribution in [3.05, 3.63) is 64.7 Å². The quantitative estimate of drug-likeness (QED) is 0.845. The van der Waals surface area contributed by atoms with Gasteiger partial charge >= 0.3 is 0 Å². The Bertz CT molecular complexity index is 743. The highest BCUT2D eigenvalue weighted by Crippen LogP contribution is 2.48. The standard InChI is InChI=1S/C19H20ClNO3/c1-24-17-8-3-2-7-15(17)16(22)12-21-18(23)19(9-10-19)13-5-4-6-14(20)11-13/h2-8,11,16,22H,9-10,12H2,1H3,(H,21,23)/t16-/m1/s1. The van der Waals surface area contributed by atoms with E-state index in [0.717, 1.165) is 18.4 Å². The molecule has 5 heteroatoms. The lowest BCUT2D eigenvalue weighted by Gasteiger charge is -2.19. The van der Waals surface area contributed by atoms with E-state index >= 15 is 0 Å². The third kappa shape index (κ3) is 3.25. The second-order valence-electron chi connectivity index (χ2n) is 6.06. The fourth-order valence-corrected chi connectivity index (χ4v) is 3.16. The van der Waals surface area contributed by atoms with Crippen LogP contribution in [0.25, 0.3) is 0 Å². The first-order chi connectivity index (χ1) is 11.6. The van der Waals surface area contributed by atoms with Crippen molar-refractivity contribution in [2.24, 2.45) is 0 Å². The van der Waals surface area contributed by atoms with Gasteiger partial charge in [-0.25, -0.2) is 0 Å². The number of ether oxygens (including phenoxy) is 1. The first kappa shape index (κ1) is 16.8. The van der Waals surface area contributed by atoms with Gasteiger partial charge in [-0.3, -0.25) is 4.79 Å². The lowest BCUT2D eigenvalue weighted by atomic mass is 9.95. The van der Waals surface area contributed by atoms with Crippen LogP contribution in [0.1, 0.15) is 30.1 Å². The van der Waals surface area contributed by atoms with Gasteiger partial charge in [0.1, 0.15) is 5.75 Å². The summed E-state index contributed by atoms with van der Waals surface area (Å²) in [4.78, 5) is 12.6. The highest BCUT2D eigenvalue weighted by molar-refractivity contribution is 6.30. The van der Waals surface area contributed by atoms with Crippen LogP contribution in [-0.2, 0) is 10.2 Å². The summed E-state index contributed by atoms with van der Waals surface area (Å²) >= 11 is 6.04. The highest BCUT2D eigenvalue weighted by atomic mass is 35.5. The fourth-order valence-electron chi connectivity index (χ4n) is 2.97. The molecule has 1 aliphatic rings. The number of methoxy groups -OCH3 is 1. The molecule has 0 unspecified atom stereocenters. The maximum atomic E-state index is 12.6. The predicted molar refractivity (Wildman–Crippen MR) is 93.3 cm³/mol. The van der Waals surface area contributed by atoms with Gasteiger partial charge in [0.15, 0.2) is 0 Å². The summed E-state index contributed by atoms with van der Waals surface area (Å²) in [6, 6.07) is 14.7. The molecule has 126 valence electrons. The number of rotatable bonds is 6. The summed E-state index contributed by atoms with van der Waals surface area (Å²) < 4.78 is 5.25. The average molecular weight is 346 g/mol. The van der Waals surface area contributed by atoms with Crippen LogP contribution in [0.15, 0.2) is 48.5 Å². The van der Waals surface area contributed by atoms with Crippen LogP contribution in [0, 0.1) is 0 Å². The SMILES string of the molecule is COc1ccccc1[C@H](O)CNC(=O)C1(c2cccc(Cl)c2)CC1. The Morgan fingerprint density at radius 3 is 2.71 bits per heavy atom. The molecule has 24 heavy (non-hydrogen) atoms. The summed E-state index contributed by atoms with van der Waals surface area (Å²) in [5, 5.41) is 13.9. The van der Waals surface area contributed by atoms with Gasteiger partial charge in [0.25, 0.3) is 0 Å². The van der Waals surface area contributed by atoms with Gasteiger partial charge < -0.3 is 15.2 Å². The van der Waals surface area contributed by atoms with E-state index in [2.05, 4.69) is 5.32 Å². The summed E-state index contributed by atoms with van der Waals surface area (Å²) in [5.74, 6) is 0.536. The average Bonchev–Trinajstić information content (AvgIpc) is 3.41. The van der Waals surface area contributed by atoms with E-state index < -0.39 is 11.5 Å². The molecule has 0 radical (unpaired) electrons. The van der Waals surface area contributed by atoms with Gasteiger partial charge in [-0.15, -0.1) is 0 Å². The first-order valence-corrected chi connectivity index (χ1v) is 8.30. The van der Waals surface area contributed by atoms with E-state index in [1.54, 1.807) is 25.3 Å². The molecule has 2 N–H and O–H groups in total. The minimum atomic E-state index is -0.819. The maximum Gasteiger partial charge on any atom is 0.230 e. The smallest absolute Gasteiger partial charge is 0.230 e. The van der Waals surface area contributed by atoms with Crippen molar-refractivity contribution in [3.63, 3.8) is 0 Å². The van der Waals surface area contributed by atoms with Gasteiger partial charge in [0, 0.05) is 17.1 Å². The summed E-state index contributed by atoms with van der Waals surface area (Å²) in [6.07, 6.45) is 0.772. The second kappa shape index (κ2) is 6.83. The molecule has 1 aliphatic carbocycles. The number of carbonyl (C=O) groups is 1. The maximum absolute atomic E-state index is 12.6. The normalized spacial score (nSPS) is 16.3. The Labute approximate surface area is 146 Å². The molecule has 0 aliphatic heterocycles. The summed E-state index contributed by atoms with van der Waals surface area (Å²) in [6.45, 7) is 0.140. The molecule has 4 nitrogen and oxygen atoms in total. The molecule has 1 amide bonds.